The molecule has 2 fully saturated rings. The van der Waals surface area contributed by atoms with Crippen molar-refractivity contribution in [2.75, 3.05) is 0 Å². The van der Waals surface area contributed by atoms with Crippen LogP contribution in [0.2, 0.25) is 0 Å². The summed E-state index contributed by atoms with van der Waals surface area (Å²) in [6.45, 7) is 5.69. The summed E-state index contributed by atoms with van der Waals surface area (Å²) in [5.74, 6) is 0.678. The molecular formula is C22H26BrNO5. The van der Waals surface area contributed by atoms with Gasteiger partial charge in [0.25, 0.3) is 0 Å². The standard InChI is InChI=1S/C22H26BrNO5/c1-22(2,3)29-21(26)24-14-5-4-6-15(24)11-17(10-14)27-16-8-7-13-9-18(23)20(25)28-19(13)12-16/h7-9,12,14-15,17H,4-6,10-11H2,1-3H3/t14-,15+,17?. The van der Waals surface area contributed by atoms with Gasteiger partial charge in [0.15, 0.2) is 0 Å². The van der Waals surface area contributed by atoms with E-state index in [0.29, 0.717) is 15.8 Å². The van der Waals surface area contributed by atoms with E-state index in [1.165, 1.54) is 0 Å². The molecule has 156 valence electrons. The van der Waals surface area contributed by atoms with Crippen LogP contribution in [0.25, 0.3) is 11.0 Å². The zero-order valence-electron chi connectivity index (χ0n) is 16.9. The van der Waals surface area contributed by atoms with Crippen molar-refractivity contribution in [2.24, 2.45) is 0 Å². The molecule has 1 unspecified atom stereocenters. The minimum absolute atomic E-state index is 0.0172. The maximum Gasteiger partial charge on any atom is 0.410 e. The van der Waals surface area contributed by atoms with Gasteiger partial charge in [0, 0.05) is 36.4 Å². The van der Waals surface area contributed by atoms with Gasteiger partial charge >= 0.3 is 11.7 Å². The van der Waals surface area contributed by atoms with Crippen LogP contribution in [-0.4, -0.2) is 34.8 Å². The van der Waals surface area contributed by atoms with Crippen molar-refractivity contribution < 1.29 is 18.7 Å². The molecule has 3 atom stereocenters. The molecule has 3 heterocycles. The SMILES string of the molecule is CC(C)(C)OC(=O)N1[C@@H]2CCC[C@H]1CC(Oc1ccc3cc(Br)c(=O)oc3c1)C2. The van der Waals surface area contributed by atoms with Gasteiger partial charge in [-0.25, -0.2) is 9.59 Å². The van der Waals surface area contributed by atoms with Crippen molar-refractivity contribution in [1.82, 2.24) is 4.90 Å². The summed E-state index contributed by atoms with van der Waals surface area (Å²) in [6, 6.07) is 7.56. The summed E-state index contributed by atoms with van der Waals surface area (Å²) in [7, 11) is 0. The van der Waals surface area contributed by atoms with E-state index < -0.39 is 11.2 Å². The van der Waals surface area contributed by atoms with Crippen molar-refractivity contribution in [3.63, 3.8) is 0 Å². The van der Waals surface area contributed by atoms with Gasteiger partial charge in [-0.1, -0.05) is 0 Å². The number of nitrogens with zero attached hydrogens (tertiary/aromatic N) is 1. The van der Waals surface area contributed by atoms with E-state index in [1.807, 2.05) is 37.8 Å². The molecule has 1 aromatic heterocycles. The molecule has 0 aliphatic carbocycles. The van der Waals surface area contributed by atoms with Gasteiger partial charge in [-0.3, -0.25) is 0 Å². The van der Waals surface area contributed by atoms with Gasteiger partial charge in [0.2, 0.25) is 0 Å². The van der Waals surface area contributed by atoms with Crippen LogP contribution < -0.4 is 10.4 Å². The fourth-order valence-electron chi connectivity index (χ4n) is 4.37. The Balaban J connectivity index is 1.49. The van der Waals surface area contributed by atoms with Crippen molar-refractivity contribution in [3.05, 3.63) is 39.2 Å². The van der Waals surface area contributed by atoms with Crippen LogP contribution >= 0.6 is 15.9 Å². The quantitative estimate of drug-likeness (QED) is 0.568. The zero-order chi connectivity index (χ0) is 20.8. The van der Waals surface area contributed by atoms with Crippen molar-refractivity contribution >= 4 is 33.0 Å². The highest BCUT2D eigenvalue weighted by molar-refractivity contribution is 9.10. The Bertz CT molecular complexity index is 965. The summed E-state index contributed by atoms with van der Waals surface area (Å²) < 4.78 is 17.6. The van der Waals surface area contributed by atoms with Crippen LogP contribution in [0.4, 0.5) is 4.79 Å². The monoisotopic (exact) mass is 463 g/mol. The molecule has 0 radical (unpaired) electrons. The van der Waals surface area contributed by atoms with Crippen LogP contribution in [-0.2, 0) is 4.74 Å². The number of carbonyl (C=O) groups excluding carboxylic acids is 1. The van der Waals surface area contributed by atoms with Crippen LogP contribution in [0.15, 0.2) is 37.9 Å². The largest absolute Gasteiger partial charge is 0.490 e. The van der Waals surface area contributed by atoms with Gasteiger partial charge in [-0.15, -0.1) is 0 Å². The first kappa shape index (κ1) is 20.3. The molecular weight excluding hydrogens is 438 g/mol. The second-order valence-electron chi connectivity index (χ2n) is 8.92. The maximum atomic E-state index is 12.7. The van der Waals surface area contributed by atoms with Gasteiger partial charge in [-0.05, 0) is 74.2 Å². The van der Waals surface area contributed by atoms with E-state index in [-0.39, 0.29) is 24.3 Å². The molecule has 1 aromatic carbocycles. The minimum Gasteiger partial charge on any atom is -0.490 e. The van der Waals surface area contributed by atoms with Gasteiger partial charge in [0.1, 0.15) is 27.5 Å². The van der Waals surface area contributed by atoms with E-state index in [1.54, 1.807) is 12.1 Å². The minimum atomic E-state index is -0.497. The molecule has 2 saturated heterocycles. The van der Waals surface area contributed by atoms with Crippen LogP contribution in [0.1, 0.15) is 52.9 Å². The van der Waals surface area contributed by atoms with E-state index in [4.69, 9.17) is 13.9 Å². The lowest BCUT2D eigenvalue weighted by molar-refractivity contribution is -0.0405. The van der Waals surface area contributed by atoms with E-state index in [2.05, 4.69) is 15.9 Å². The van der Waals surface area contributed by atoms with E-state index in [9.17, 15) is 9.59 Å². The number of fused-ring (bicyclic) bond motifs is 3. The molecule has 2 aromatic rings. The molecule has 2 aliphatic heterocycles. The molecule has 0 saturated carbocycles. The predicted molar refractivity (Wildman–Crippen MR) is 113 cm³/mol. The van der Waals surface area contributed by atoms with Crippen LogP contribution in [0, 0.1) is 0 Å². The number of ether oxygens (including phenoxy) is 2. The highest BCUT2D eigenvalue weighted by Crippen LogP contribution is 2.37. The van der Waals surface area contributed by atoms with Crippen LogP contribution in [0.5, 0.6) is 5.75 Å². The fraction of sp³-hybridized carbons (Fsp3) is 0.545. The Morgan fingerprint density at radius 1 is 1.17 bits per heavy atom. The number of rotatable bonds is 2. The first-order valence-corrected chi connectivity index (χ1v) is 10.9. The van der Waals surface area contributed by atoms with E-state index in [0.717, 1.165) is 37.5 Å². The highest BCUT2D eigenvalue weighted by atomic mass is 79.9. The second kappa shape index (κ2) is 7.67. The Morgan fingerprint density at radius 3 is 2.52 bits per heavy atom. The second-order valence-corrected chi connectivity index (χ2v) is 9.77. The van der Waals surface area contributed by atoms with Crippen molar-refractivity contribution in [1.29, 1.82) is 0 Å². The van der Waals surface area contributed by atoms with Gasteiger partial charge < -0.3 is 18.8 Å². The summed E-state index contributed by atoms with van der Waals surface area (Å²) in [6.07, 6.45) is 4.41. The molecule has 0 N–H and O–H groups in total. The molecule has 6 nitrogen and oxygen atoms in total. The topological polar surface area (TPSA) is 69.0 Å². The maximum absolute atomic E-state index is 12.7. The number of hydrogen-bond donors (Lipinski definition) is 0. The fourth-order valence-corrected chi connectivity index (χ4v) is 4.70. The highest BCUT2D eigenvalue weighted by Gasteiger charge is 2.43. The van der Waals surface area contributed by atoms with E-state index >= 15 is 0 Å². The molecule has 0 spiro atoms. The number of amides is 1. The molecule has 2 bridgehead atoms. The smallest absolute Gasteiger partial charge is 0.410 e. The Hall–Kier alpha value is -2.02. The lowest BCUT2D eigenvalue weighted by atomic mass is 9.83. The zero-order valence-corrected chi connectivity index (χ0v) is 18.5. The normalized spacial score (nSPS) is 24.4. The van der Waals surface area contributed by atoms with Gasteiger partial charge in [0.05, 0.1) is 0 Å². The third kappa shape index (κ3) is 4.44. The number of carbonyl (C=O) groups is 1. The first-order chi connectivity index (χ1) is 13.7. The average Bonchev–Trinajstić information content (AvgIpc) is 2.60. The summed E-state index contributed by atoms with van der Waals surface area (Å²) in [5, 5.41) is 0.834. The van der Waals surface area contributed by atoms with Gasteiger partial charge in [-0.2, -0.15) is 0 Å². The molecule has 1 amide bonds. The lowest BCUT2D eigenvalue weighted by Gasteiger charge is -2.48. The molecule has 4 rings (SSSR count). The number of benzene rings is 1. The summed E-state index contributed by atoms with van der Waals surface area (Å²) in [5.41, 5.74) is -0.403. The Labute approximate surface area is 178 Å². The molecule has 29 heavy (non-hydrogen) atoms. The number of piperidine rings is 2. The number of halogens is 1. The third-order valence-electron chi connectivity index (χ3n) is 5.50. The summed E-state index contributed by atoms with van der Waals surface area (Å²) >= 11 is 3.20. The molecule has 2 aliphatic rings. The predicted octanol–water partition coefficient (Wildman–Crippen LogP) is 5.25. The van der Waals surface area contributed by atoms with Crippen molar-refractivity contribution in [2.45, 2.75) is 76.7 Å². The Kier molecular flexibility index (Phi) is 5.36. The average molecular weight is 464 g/mol. The number of hydrogen-bond acceptors (Lipinski definition) is 5. The molecule has 7 heteroatoms. The Morgan fingerprint density at radius 2 is 1.86 bits per heavy atom. The lowest BCUT2D eigenvalue weighted by Crippen LogP contribution is -2.57. The van der Waals surface area contributed by atoms with Crippen LogP contribution in [0.3, 0.4) is 0 Å². The summed E-state index contributed by atoms with van der Waals surface area (Å²) in [4.78, 5) is 26.4. The van der Waals surface area contributed by atoms with Crippen molar-refractivity contribution in [3.8, 4) is 5.75 Å². The first-order valence-electron chi connectivity index (χ1n) is 10.1. The third-order valence-corrected chi connectivity index (χ3v) is 6.06.